The van der Waals surface area contributed by atoms with Crippen molar-refractivity contribution in [3.63, 3.8) is 0 Å². The quantitative estimate of drug-likeness (QED) is 0.828. The van der Waals surface area contributed by atoms with Crippen molar-refractivity contribution in [2.45, 2.75) is 19.3 Å². The van der Waals surface area contributed by atoms with Gasteiger partial charge in [0.2, 0.25) is 0 Å². The Hall–Kier alpha value is -1.72. The number of hydrogen-bond acceptors (Lipinski definition) is 5. The van der Waals surface area contributed by atoms with E-state index in [1.165, 1.54) is 0 Å². The van der Waals surface area contributed by atoms with Crippen LogP contribution in [0.3, 0.4) is 0 Å². The molecule has 22 heavy (non-hydrogen) atoms. The average molecular weight is 301 g/mol. The summed E-state index contributed by atoms with van der Waals surface area (Å²) >= 11 is 0. The molecule has 1 N–H and O–H groups in total. The van der Waals surface area contributed by atoms with E-state index in [0.717, 1.165) is 62.2 Å². The van der Waals surface area contributed by atoms with Crippen molar-refractivity contribution in [3.8, 4) is 5.75 Å². The Balaban J connectivity index is 1.41. The number of hydrogen-bond donors (Lipinski definition) is 1. The van der Waals surface area contributed by atoms with Crippen molar-refractivity contribution in [3.05, 3.63) is 30.7 Å². The molecule has 0 radical (unpaired) electrons. The molecule has 0 unspecified atom stereocenters. The fourth-order valence-electron chi connectivity index (χ4n) is 2.91. The lowest BCUT2D eigenvalue weighted by molar-refractivity contribution is 0.126. The van der Waals surface area contributed by atoms with Gasteiger partial charge in [0.1, 0.15) is 12.1 Å². The number of aliphatic hydroxyl groups excluding tert-OH is 1. The Morgan fingerprint density at radius 2 is 2.14 bits per heavy atom. The van der Waals surface area contributed by atoms with Crippen LogP contribution >= 0.6 is 0 Å². The zero-order valence-corrected chi connectivity index (χ0v) is 12.8. The smallest absolute Gasteiger partial charge is 0.121 e. The average Bonchev–Trinajstić information content (AvgIpc) is 2.59. The zero-order valence-electron chi connectivity index (χ0n) is 12.8. The van der Waals surface area contributed by atoms with Gasteiger partial charge in [0.25, 0.3) is 0 Å². The molecule has 5 heteroatoms. The van der Waals surface area contributed by atoms with Crippen LogP contribution in [0.4, 0.5) is 0 Å². The zero-order chi connectivity index (χ0) is 15.2. The third-order valence-corrected chi connectivity index (χ3v) is 4.33. The third kappa shape index (κ3) is 3.93. The van der Waals surface area contributed by atoms with Crippen LogP contribution in [0.25, 0.3) is 10.9 Å². The first kappa shape index (κ1) is 15.2. The second-order valence-corrected chi connectivity index (χ2v) is 5.91. The number of piperidine rings is 1. The van der Waals surface area contributed by atoms with Crippen LogP contribution in [-0.4, -0.2) is 52.8 Å². The number of rotatable bonds is 6. The van der Waals surface area contributed by atoms with Gasteiger partial charge in [-0.05, 0) is 50.4 Å². The van der Waals surface area contributed by atoms with Gasteiger partial charge in [-0.25, -0.2) is 9.97 Å². The molecule has 1 aromatic carbocycles. The van der Waals surface area contributed by atoms with E-state index in [-0.39, 0.29) is 0 Å². The number of nitrogens with zero attached hydrogens (tertiary/aromatic N) is 3. The first-order valence-corrected chi connectivity index (χ1v) is 8.01. The van der Waals surface area contributed by atoms with Crippen LogP contribution in [0.1, 0.15) is 19.3 Å². The summed E-state index contributed by atoms with van der Waals surface area (Å²) in [6, 6.07) is 5.92. The van der Waals surface area contributed by atoms with Crippen molar-refractivity contribution in [2.24, 2.45) is 5.92 Å². The van der Waals surface area contributed by atoms with Crippen LogP contribution in [0.5, 0.6) is 5.75 Å². The number of ether oxygens (including phenoxy) is 1. The molecular weight excluding hydrogens is 278 g/mol. The number of likely N-dealkylation sites (tertiary alicyclic amines) is 1. The minimum absolute atomic E-state index is 0.336. The molecule has 1 fully saturated rings. The molecule has 0 spiro atoms. The van der Waals surface area contributed by atoms with Gasteiger partial charge in [0.05, 0.1) is 12.1 Å². The number of aromatic nitrogens is 2. The summed E-state index contributed by atoms with van der Waals surface area (Å²) in [5, 5.41) is 10.2. The second kappa shape index (κ2) is 7.51. The van der Waals surface area contributed by atoms with Crippen molar-refractivity contribution in [1.29, 1.82) is 0 Å². The van der Waals surface area contributed by atoms with Crippen LogP contribution in [0.2, 0.25) is 0 Å². The molecule has 118 valence electrons. The summed E-state index contributed by atoms with van der Waals surface area (Å²) in [7, 11) is 0. The van der Waals surface area contributed by atoms with E-state index in [1.807, 2.05) is 24.4 Å². The van der Waals surface area contributed by atoms with Gasteiger partial charge in [0.15, 0.2) is 0 Å². The molecule has 0 amide bonds. The topological polar surface area (TPSA) is 58.5 Å². The number of aliphatic hydroxyl groups is 1. The summed E-state index contributed by atoms with van der Waals surface area (Å²) in [6.07, 6.45) is 6.61. The lowest BCUT2D eigenvalue weighted by Gasteiger charge is -2.30. The maximum Gasteiger partial charge on any atom is 0.121 e. The molecule has 5 nitrogen and oxygen atoms in total. The van der Waals surface area contributed by atoms with E-state index in [2.05, 4.69) is 14.9 Å². The maximum atomic E-state index is 9.15. The predicted octanol–water partition coefficient (Wildman–Crippen LogP) is 2.10. The first-order valence-electron chi connectivity index (χ1n) is 8.01. The highest BCUT2D eigenvalue weighted by Gasteiger charge is 2.17. The highest BCUT2D eigenvalue weighted by Crippen LogP contribution is 2.19. The fourth-order valence-corrected chi connectivity index (χ4v) is 2.91. The molecule has 1 saturated heterocycles. The summed E-state index contributed by atoms with van der Waals surface area (Å²) in [5.74, 6) is 1.37. The predicted molar refractivity (Wildman–Crippen MR) is 85.9 cm³/mol. The molecule has 2 aromatic rings. The minimum atomic E-state index is 0.336. The standard InChI is InChI=1S/C17H23N3O2/c21-12-14-4-7-20(8-5-14)6-1-9-22-16-3-2-15-11-18-13-19-17(15)10-16/h2-3,10-11,13-14,21H,1,4-9,12H2. The number of fused-ring (bicyclic) bond motifs is 1. The molecule has 0 saturated carbocycles. The molecule has 0 bridgehead atoms. The Morgan fingerprint density at radius 1 is 1.27 bits per heavy atom. The van der Waals surface area contributed by atoms with Crippen molar-refractivity contribution in [2.75, 3.05) is 32.8 Å². The van der Waals surface area contributed by atoms with Crippen LogP contribution < -0.4 is 4.74 Å². The molecule has 2 heterocycles. The Kier molecular flexibility index (Phi) is 5.19. The molecule has 1 aliphatic heterocycles. The highest BCUT2D eigenvalue weighted by atomic mass is 16.5. The second-order valence-electron chi connectivity index (χ2n) is 5.91. The number of benzene rings is 1. The lowest BCUT2D eigenvalue weighted by atomic mass is 9.98. The maximum absolute atomic E-state index is 9.15. The molecule has 0 atom stereocenters. The monoisotopic (exact) mass is 301 g/mol. The van der Waals surface area contributed by atoms with Crippen LogP contribution in [0, 0.1) is 5.92 Å². The summed E-state index contributed by atoms with van der Waals surface area (Å²) in [5.41, 5.74) is 0.915. The van der Waals surface area contributed by atoms with E-state index >= 15 is 0 Å². The molecule has 1 aliphatic rings. The van der Waals surface area contributed by atoms with Gasteiger partial charge in [0, 0.05) is 30.8 Å². The minimum Gasteiger partial charge on any atom is -0.493 e. The Bertz CT molecular complexity index is 597. The SMILES string of the molecule is OCC1CCN(CCCOc2ccc3cncnc3c2)CC1. The van der Waals surface area contributed by atoms with Crippen LogP contribution in [-0.2, 0) is 0 Å². The fraction of sp³-hybridized carbons (Fsp3) is 0.529. The molecular formula is C17H23N3O2. The van der Waals surface area contributed by atoms with E-state index in [1.54, 1.807) is 6.33 Å². The van der Waals surface area contributed by atoms with Crippen molar-refractivity contribution in [1.82, 2.24) is 14.9 Å². The van der Waals surface area contributed by atoms with Gasteiger partial charge in [-0.1, -0.05) is 0 Å². The molecule has 0 aliphatic carbocycles. The summed E-state index contributed by atoms with van der Waals surface area (Å²) in [4.78, 5) is 10.7. The third-order valence-electron chi connectivity index (χ3n) is 4.33. The van der Waals surface area contributed by atoms with Gasteiger partial charge in [-0.15, -0.1) is 0 Å². The van der Waals surface area contributed by atoms with E-state index in [9.17, 15) is 0 Å². The van der Waals surface area contributed by atoms with E-state index in [4.69, 9.17) is 9.84 Å². The van der Waals surface area contributed by atoms with Crippen molar-refractivity contribution < 1.29 is 9.84 Å². The highest BCUT2D eigenvalue weighted by molar-refractivity contribution is 5.78. The summed E-state index contributed by atoms with van der Waals surface area (Å²) in [6.45, 7) is 4.31. The summed E-state index contributed by atoms with van der Waals surface area (Å²) < 4.78 is 5.82. The van der Waals surface area contributed by atoms with E-state index in [0.29, 0.717) is 12.5 Å². The molecule has 1 aromatic heterocycles. The Labute approximate surface area is 130 Å². The normalized spacial score (nSPS) is 17.0. The van der Waals surface area contributed by atoms with Gasteiger partial charge in [-0.3, -0.25) is 0 Å². The first-order chi connectivity index (χ1) is 10.8. The van der Waals surface area contributed by atoms with Crippen molar-refractivity contribution >= 4 is 10.9 Å². The van der Waals surface area contributed by atoms with Gasteiger partial charge in [-0.2, -0.15) is 0 Å². The lowest BCUT2D eigenvalue weighted by Crippen LogP contribution is -2.35. The Morgan fingerprint density at radius 3 is 2.95 bits per heavy atom. The molecule has 3 rings (SSSR count). The van der Waals surface area contributed by atoms with Crippen LogP contribution in [0.15, 0.2) is 30.7 Å². The largest absolute Gasteiger partial charge is 0.493 e. The van der Waals surface area contributed by atoms with E-state index < -0.39 is 0 Å². The van der Waals surface area contributed by atoms with Gasteiger partial charge >= 0.3 is 0 Å². The van der Waals surface area contributed by atoms with Gasteiger partial charge < -0.3 is 14.7 Å².